The Kier molecular flexibility index (Phi) is 10.2. The largest absolute Gasteiger partial charge is 0.388 e. The van der Waals surface area contributed by atoms with Crippen LogP contribution in [0.15, 0.2) is 24.3 Å². The van der Waals surface area contributed by atoms with Crippen molar-refractivity contribution in [3.63, 3.8) is 0 Å². The number of nitrogens with zero attached hydrogens (tertiary/aromatic N) is 2. The van der Waals surface area contributed by atoms with Crippen molar-refractivity contribution >= 4 is 11.8 Å². The monoisotopic (exact) mass is 481 g/mol. The second-order valence-electron chi connectivity index (χ2n) is 9.03. The van der Waals surface area contributed by atoms with Crippen molar-refractivity contribution in [3.05, 3.63) is 35.6 Å². The van der Waals surface area contributed by atoms with Crippen molar-refractivity contribution in [3.8, 4) is 0 Å². The number of rotatable bonds is 2. The van der Waals surface area contributed by atoms with Crippen LogP contribution in [0.3, 0.4) is 0 Å². The lowest BCUT2D eigenvalue weighted by Crippen LogP contribution is -2.51. The van der Waals surface area contributed by atoms with Gasteiger partial charge < -0.3 is 35.2 Å². The van der Waals surface area contributed by atoms with Crippen molar-refractivity contribution in [2.24, 2.45) is 5.92 Å². The molecule has 2 heterocycles. The van der Waals surface area contributed by atoms with Gasteiger partial charge in [0.1, 0.15) is 24.1 Å². The van der Waals surface area contributed by atoms with Gasteiger partial charge in [-0.25, -0.2) is 4.39 Å². The Morgan fingerprint density at radius 1 is 0.971 bits per heavy atom. The highest BCUT2D eigenvalue weighted by molar-refractivity contribution is 5.94. The van der Waals surface area contributed by atoms with E-state index in [1.165, 1.54) is 29.2 Å². The quantitative estimate of drug-likeness (QED) is 0.469. The van der Waals surface area contributed by atoms with Crippen LogP contribution in [0.1, 0.15) is 36.0 Å². The summed E-state index contributed by atoms with van der Waals surface area (Å²) in [5, 5.41) is 34.3. The molecule has 1 aromatic carbocycles. The van der Waals surface area contributed by atoms with Crippen LogP contribution in [0.4, 0.5) is 4.39 Å². The Labute approximate surface area is 199 Å². The third-order valence-electron chi connectivity index (χ3n) is 6.43. The molecule has 0 aliphatic carbocycles. The van der Waals surface area contributed by atoms with Crippen LogP contribution in [0.5, 0.6) is 0 Å². The molecule has 2 fully saturated rings. The number of hydrogen-bond acceptors (Lipinski definition) is 7. The molecule has 3 rings (SSSR count). The molecule has 0 saturated carbocycles. The Balaban J connectivity index is 1.79. The fraction of sp³-hybridized carbons (Fsp3) is 0.667. The molecule has 2 aliphatic rings. The van der Waals surface area contributed by atoms with E-state index in [0.29, 0.717) is 32.5 Å². The molecule has 10 heteroatoms. The molecule has 1 aromatic rings. The smallest absolute Gasteiger partial charge is 0.254 e. The minimum atomic E-state index is -1.52. The first-order chi connectivity index (χ1) is 16.4. The second kappa shape index (κ2) is 13.1. The fourth-order valence-electron chi connectivity index (χ4n) is 4.34. The molecule has 0 bridgehead atoms. The Morgan fingerprint density at radius 3 is 2.41 bits per heavy atom. The van der Waals surface area contributed by atoms with Crippen LogP contribution in [-0.2, 0) is 9.53 Å². The molecule has 2 aliphatic heterocycles. The Hall–Kier alpha value is -2.11. The highest BCUT2D eigenvalue weighted by Crippen LogP contribution is 2.16. The maximum absolute atomic E-state index is 13.4. The number of amides is 2. The molecule has 0 aromatic heterocycles. The van der Waals surface area contributed by atoms with E-state index in [-0.39, 0.29) is 43.6 Å². The van der Waals surface area contributed by atoms with E-state index in [2.05, 4.69) is 5.32 Å². The van der Waals surface area contributed by atoms with Gasteiger partial charge in [0.2, 0.25) is 5.91 Å². The summed E-state index contributed by atoms with van der Waals surface area (Å²) in [7, 11) is 0. The summed E-state index contributed by atoms with van der Waals surface area (Å²) in [5.74, 6) is -1.03. The number of piperidine rings is 1. The molecule has 4 N–H and O–H groups in total. The maximum Gasteiger partial charge on any atom is 0.254 e. The summed E-state index contributed by atoms with van der Waals surface area (Å²) in [6.45, 7) is 2.36. The number of β-amino-alcohol motifs (C(OH)–C–C–N with tert-alkyl or cyclic N) is 1. The van der Waals surface area contributed by atoms with E-state index in [9.17, 15) is 29.3 Å². The Morgan fingerprint density at radius 2 is 1.71 bits per heavy atom. The van der Waals surface area contributed by atoms with E-state index in [0.717, 1.165) is 19.4 Å². The molecule has 9 nitrogen and oxygen atoms in total. The lowest BCUT2D eigenvalue weighted by molar-refractivity contribution is -0.136. The van der Waals surface area contributed by atoms with Gasteiger partial charge in [-0.2, -0.15) is 0 Å². The van der Waals surface area contributed by atoms with E-state index >= 15 is 0 Å². The van der Waals surface area contributed by atoms with Gasteiger partial charge in [0.05, 0.1) is 12.5 Å². The number of nitrogens with one attached hydrogen (secondary N) is 1. The molecule has 190 valence electrons. The minimum absolute atomic E-state index is 0.0328. The molecular formula is C24H36FN3O6. The van der Waals surface area contributed by atoms with Gasteiger partial charge in [0, 0.05) is 44.9 Å². The van der Waals surface area contributed by atoms with Gasteiger partial charge in [-0.1, -0.05) is 0 Å². The molecular weight excluding hydrogens is 445 g/mol. The molecule has 0 unspecified atom stereocenters. The molecule has 34 heavy (non-hydrogen) atoms. The average Bonchev–Trinajstić information content (AvgIpc) is 2.85. The number of hydrogen-bond donors (Lipinski definition) is 4. The average molecular weight is 482 g/mol. The van der Waals surface area contributed by atoms with Crippen LogP contribution >= 0.6 is 0 Å². The number of aliphatic hydroxyl groups is 3. The third kappa shape index (κ3) is 7.44. The predicted molar refractivity (Wildman–Crippen MR) is 123 cm³/mol. The number of carbonyl (C=O) groups is 2. The molecule has 2 saturated heterocycles. The number of aliphatic hydroxyl groups excluding tert-OH is 3. The van der Waals surface area contributed by atoms with Crippen molar-refractivity contribution in [2.45, 2.75) is 44.0 Å². The normalized spacial score (nSPS) is 28.2. The van der Waals surface area contributed by atoms with Crippen molar-refractivity contribution in [1.29, 1.82) is 0 Å². The van der Waals surface area contributed by atoms with Crippen molar-refractivity contribution in [2.75, 3.05) is 52.5 Å². The van der Waals surface area contributed by atoms with Gasteiger partial charge in [0.15, 0.2) is 0 Å². The maximum atomic E-state index is 13.4. The van der Waals surface area contributed by atoms with E-state index < -0.39 is 30.0 Å². The number of ether oxygens (including phenoxy) is 1. The SMILES string of the molecule is O=C(c1ccc(F)cc1)N1CCN(C(=O)[C@@H]2CCCNC2)CCCCOC[C@@H](O)[C@H](O)[C@@H](O)C1. The molecule has 4 atom stereocenters. The lowest BCUT2D eigenvalue weighted by Gasteiger charge is -2.34. The number of halogens is 1. The van der Waals surface area contributed by atoms with Crippen LogP contribution in [0.2, 0.25) is 0 Å². The first-order valence-electron chi connectivity index (χ1n) is 12.0. The zero-order valence-corrected chi connectivity index (χ0v) is 19.4. The van der Waals surface area contributed by atoms with Crippen LogP contribution in [0, 0.1) is 11.7 Å². The van der Waals surface area contributed by atoms with Gasteiger partial charge in [-0.05, 0) is 56.5 Å². The topological polar surface area (TPSA) is 123 Å². The second-order valence-corrected chi connectivity index (χ2v) is 9.03. The molecule has 2 amide bonds. The van der Waals surface area contributed by atoms with Crippen molar-refractivity contribution in [1.82, 2.24) is 15.1 Å². The first kappa shape index (κ1) is 26.5. The predicted octanol–water partition coefficient (Wildman–Crippen LogP) is -0.0108. The summed E-state index contributed by atoms with van der Waals surface area (Å²) in [5.41, 5.74) is 0.224. The fourth-order valence-corrected chi connectivity index (χ4v) is 4.34. The van der Waals surface area contributed by atoms with Crippen LogP contribution in [0.25, 0.3) is 0 Å². The molecule has 0 radical (unpaired) electrons. The van der Waals surface area contributed by atoms with E-state index in [1.54, 1.807) is 4.90 Å². The van der Waals surface area contributed by atoms with Gasteiger partial charge in [-0.3, -0.25) is 9.59 Å². The summed E-state index contributed by atoms with van der Waals surface area (Å²) >= 11 is 0. The van der Waals surface area contributed by atoms with E-state index in [1.807, 2.05) is 0 Å². The number of benzene rings is 1. The standard InChI is InChI=1S/C24H36FN3O6/c25-19-7-5-17(6-8-19)23(32)28-12-11-27(24(33)18-4-3-9-26-14-18)10-1-2-13-34-16-21(30)22(31)20(29)15-28/h5-8,18,20-22,26,29-31H,1-4,9-16H2/t18-,20+,21-,22-/m1/s1. The van der Waals surface area contributed by atoms with Crippen LogP contribution in [-0.4, -0.2) is 108 Å². The van der Waals surface area contributed by atoms with E-state index in [4.69, 9.17) is 4.74 Å². The van der Waals surface area contributed by atoms with Crippen molar-refractivity contribution < 1.29 is 34.0 Å². The summed E-state index contributed by atoms with van der Waals surface area (Å²) < 4.78 is 18.8. The third-order valence-corrected chi connectivity index (χ3v) is 6.43. The number of carbonyl (C=O) groups excluding carboxylic acids is 2. The summed E-state index contributed by atoms with van der Waals surface area (Å²) in [4.78, 5) is 29.5. The zero-order valence-electron chi connectivity index (χ0n) is 19.4. The Bertz CT molecular complexity index is 789. The zero-order chi connectivity index (χ0) is 24.5. The summed E-state index contributed by atoms with van der Waals surface area (Å²) in [6.07, 6.45) is -1.16. The highest BCUT2D eigenvalue weighted by Gasteiger charge is 2.31. The minimum Gasteiger partial charge on any atom is -0.388 e. The van der Waals surface area contributed by atoms with Gasteiger partial charge in [0.25, 0.3) is 5.91 Å². The highest BCUT2D eigenvalue weighted by atomic mass is 19.1. The molecule has 0 spiro atoms. The van der Waals surface area contributed by atoms with Crippen LogP contribution < -0.4 is 5.32 Å². The lowest BCUT2D eigenvalue weighted by atomic mass is 9.98. The van der Waals surface area contributed by atoms with Gasteiger partial charge in [-0.15, -0.1) is 0 Å². The van der Waals surface area contributed by atoms with Gasteiger partial charge >= 0.3 is 0 Å². The first-order valence-corrected chi connectivity index (χ1v) is 12.0. The summed E-state index contributed by atoms with van der Waals surface area (Å²) in [6, 6.07) is 5.06.